The lowest BCUT2D eigenvalue weighted by molar-refractivity contribution is -0.141. The van der Waals surface area contributed by atoms with Crippen molar-refractivity contribution >= 4 is 5.91 Å². The molecule has 2 saturated heterocycles. The smallest absolute Gasteiger partial charge is 0.244 e. The standard InChI is InChI=1S/C18H28N4O2/c1-2-15-13-20-8-11-22(15)17(14-4-3-7-19-12-14)18(24)21-9-5-16(23)6-10-21/h3-4,7,12,15-17,20,23H,2,5-6,8-11,13H2,1H3. The fourth-order valence-corrected chi connectivity index (χ4v) is 3.77. The molecule has 2 aliphatic rings. The van der Waals surface area contributed by atoms with E-state index >= 15 is 0 Å². The lowest BCUT2D eigenvalue weighted by atomic mass is 9.99. The molecule has 0 aliphatic carbocycles. The van der Waals surface area contributed by atoms with Crippen LogP contribution in [0, 0.1) is 0 Å². The van der Waals surface area contributed by atoms with E-state index in [4.69, 9.17) is 0 Å². The van der Waals surface area contributed by atoms with Crippen LogP contribution in [0.1, 0.15) is 37.8 Å². The van der Waals surface area contributed by atoms with E-state index in [1.807, 2.05) is 23.2 Å². The highest BCUT2D eigenvalue weighted by Crippen LogP contribution is 2.28. The van der Waals surface area contributed by atoms with Crippen LogP contribution in [0.5, 0.6) is 0 Å². The zero-order valence-electron chi connectivity index (χ0n) is 14.4. The number of piperidine rings is 1. The predicted molar refractivity (Wildman–Crippen MR) is 92.5 cm³/mol. The van der Waals surface area contributed by atoms with Crippen molar-refractivity contribution in [3.05, 3.63) is 30.1 Å². The molecule has 0 bridgehead atoms. The number of hydrogen-bond donors (Lipinski definition) is 2. The van der Waals surface area contributed by atoms with Crippen molar-refractivity contribution in [3.63, 3.8) is 0 Å². The van der Waals surface area contributed by atoms with E-state index in [1.165, 1.54) is 0 Å². The number of likely N-dealkylation sites (tertiary alicyclic amines) is 1. The molecule has 0 radical (unpaired) electrons. The number of aliphatic hydroxyl groups excluding tert-OH is 1. The van der Waals surface area contributed by atoms with Crippen LogP contribution >= 0.6 is 0 Å². The van der Waals surface area contributed by atoms with Gasteiger partial charge in [0.2, 0.25) is 5.91 Å². The van der Waals surface area contributed by atoms with E-state index in [1.54, 1.807) is 6.20 Å². The molecular weight excluding hydrogens is 304 g/mol. The molecule has 0 saturated carbocycles. The number of hydrogen-bond acceptors (Lipinski definition) is 5. The van der Waals surface area contributed by atoms with Gasteiger partial charge in [0.15, 0.2) is 0 Å². The Balaban J connectivity index is 1.86. The number of nitrogens with one attached hydrogen (secondary N) is 1. The van der Waals surface area contributed by atoms with Crippen molar-refractivity contribution in [2.75, 3.05) is 32.7 Å². The molecule has 2 N–H and O–H groups in total. The Morgan fingerprint density at radius 2 is 2.21 bits per heavy atom. The monoisotopic (exact) mass is 332 g/mol. The molecule has 2 unspecified atom stereocenters. The zero-order valence-corrected chi connectivity index (χ0v) is 14.4. The van der Waals surface area contributed by atoms with Gasteiger partial charge in [0, 0.05) is 51.2 Å². The van der Waals surface area contributed by atoms with Gasteiger partial charge in [-0.25, -0.2) is 0 Å². The highest BCUT2D eigenvalue weighted by molar-refractivity contribution is 5.83. The molecule has 6 heteroatoms. The van der Waals surface area contributed by atoms with Crippen molar-refractivity contribution in [2.45, 2.75) is 44.4 Å². The summed E-state index contributed by atoms with van der Waals surface area (Å²) < 4.78 is 0. The van der Waals surface area contributed by atoms with Gasteiger partial charge in [-0.05, 0) is 30.9 Å². The summed E-state index contributed by atoms with van der Waals surface area (Å²) in [5.41, 5.74) is 0.967. The van der Waals surface area contributed by atoms with E-state index in [0.717, 1.165) is 31.6 Å². The van der Waals surface area contributed by atoms with Crippen LogP contribution in [0.25, 0.3) is 0 Å². The van der Waals surface area contributed by atoms with E-state index in [9.17, 15) is 9.90 Å². The molecule has 3 rings (SSSR count). The zero-order chi connectivity index (χ0) is 16.9. The second-order valence-electron chi connectivity index (χ2n) is 6.75. The first-order valence-corrected chi connectivity index (χ1v) is 9.04. The molecule has 0 aromatic carbocycles. The molecule has 2 aliphatic heterocycles. The van der Waals surface area contributed by atoms with Gasteiger partial charge in [-0.15, -0.1) is 0 Å². The second-order valence-corrected chi connectivity index (χ2v) is 6.75. The van der Waals surface area contributed by atoms with Gasteiger partial charge in [0.05, 0.1) is 6.10 Å². The molecule has 1 aromatic rings. The fourth-order valence-electron chi connectivity index (χ4n) is 3.77. The van der Waals surface area contributed by atoms with Gasteiger partial charge in [-0.3, -0.25) is 14.7 Å². The summed E-state index contributed by atoms with van der Waals surface area (Å²) >= 11 is 0. The number of carbonyl (C=O) groups is 1. The van der Waals surface area contributed by atoms with Crippen LogP contribution in [0.3, 0.4) is 0 Å². The lowest BCUT2D eigenvalue weighted by Gasteiger charge is -2.43. The Morgan fingerprint density at radius 1 is 1.42 bits per heavy atom. The topological polar surface area (TPSA) is 68.7 Å². The normalized spacial score (nSPS) is 24.8. The van der Waals surface area contributed by atoms with Crippen molar-refractivity contribution < 1.29 is 9.90 Å². The highest BCUT2D eigenvalue weighted by Gasteiger charge is 2.37. The van der Waals surface area contributed by atoms with Gasteiger partial charge < -0.3 is 15.3 Å². The number of rotatable bonds is 4. The number of aliphatic hydroxyl groups is 1. The molecular formula is C18H28N4O2. The summed E-state index contributed by atoms with van der Waals surface area (Å²) in [5, 5.41) is 13.2. The first-order valence-electron chi connectivity index (χ1n) is 9.04. The number of nitrogens with zero attached hydrogens (tertiary/aromatic N) is 3. The summed E-state index contributed by atoms with van der Waals surface area (Å²) in [6.07, 6.45) is 5.64. The third kappa shape index (κ3) is 3.77. The molecule has 132 valence electrons. The van der Waals surface area contributed by atoms with E-state index in [-0.39, 0.29) is 18.1 Å². The Hall–Kier alpha value is -1.50. The lowest BCUT2D eigenvalue weighted by Crippen LogP contribution is -2.56. The summed E-state index contributed by atoms with van der Waals surface area (Å²) in [7, 11) is 0. The quantitative estimate of drug-likeness (QED) is 0.853. The van der Waals surface area contributed by atoms with Gasteiger partial charge >= 0.3 is 0 Å². The minimum absolute atomic E-state index is 0.148. The van der Waals surface area contributed by atoms with E-state index < -0.39 is 0 Å². The summed E-state index contributed by atoms with van der Waals surface area (Å²) in [4.78, 5) is 21.8. The Morgan fingerprint density at radius 3 is 2.88 bits per heavy atom. The van der Waals surface area contributed by atoms with Crippen molar-refractivity contribution in [1.82, 2.24) is 20.1 Å². The summed E-state index contributed by atoms with van der Waals surface area (Å²) in [6, 6.07) is 3.98. The first kappa shape index (κ1) is 17.3. The van der Waals surface area contributed by atoms with Crippen LogP contribution in [0.15, 0.2) is 24.5 Å². The molecule has 3 heterocycles. The third-order valence-corrected chi connectivity index (χ3v) is 5.21. The molecule has 2 fully saturated rings. The van der Waals surface area contributed by atoms with E-state index in [2.05, 4.69) is 22.1 Å². The molecule has 1 aromatic heterocycles. The van der Waals surface area contributed by atoms with Crippen molar-refractivity contribution in [2.24, 2.45) is 0 Å². The molecule has 1 amide bonds. The van der Waals surface area contributed by atoms with Gasteiger partial charge in [-0.2, -0.15) is 0 Å². The maximum absolute atomic E-state index is 13.3. The maximum atomic E-state index is 13.3. The van der Waals surface area contributed by atoms with Gasteiger partial charge in [-0.1, -0.05) is 13.0 Å². The van der Waals surface area contributed by atoms with Gasteiger partial charge in [0.1, 0.15) is 6.04 Å². The SMILES string of the molecule is CCC1CNCCN1C(C(=O)N1CCC(O)CC1)c1cccnc1. The Labute approximate surface area is 143 Å². The third-order valence-electron chi connectivity index (χ3n) is 5.21. The number of pyridine rings is 1. The number of carbonyl (C=O) groups excluding carboxylic acids is 1. The highest BCUT2D eigenvalue weighted by atomic mass is 16.3. The molecule has 6 nitrogen and oxygen atoms in total. The summed E-state index contributed by atoms with van der Waals surface area (Å²) in [5.74, 6) is 0.148. The van der Waals surface area contributed by atoms with Crippen LogP contribution in [-0.2, 0) is 4.79 Å². The average Bonchev–Trinajstić information content (AvgIpc) is 2.64. The Bertz CT molecular complexity index is 531. The summed E-state index contributed by atoms with van der Waals surface area (Å²) in [6.45, 7) is 6.13. The Kier molecular flexibility index (Phi) is 5.81. The van der Waals surface area contributed by atoms with Crippen LogP contribution in [0.4, 0.5) is 0 Å². The second kappa shape index (κ2) is 8.05. The van der Waals surface area contributed by atoms with E-state index in [0.29, 0.717) is 32.0 Å². The predicted octanol–water partition coefficient (Wildman–Crippen LogP) is 0.790. The molecule has 24 heavy (non-hydrogen) atoms. The first-order chi connectivity index (χ1) is 11.7. The van der Waals surface area contributed by atoms with Crippen LogP contribution in [0.2, 0.25) is 0 Å². The fraction of sp³-hybridized carbons (Fsp3) is 0.667. The minimum Gasteiger partial charge on any atom is -0.393 e. The van der Waals surface area contributed by atoms with Gasteiger partial charge in [0.25, 0.3) is 0 Å². The largest absolute Gasteiger partial charge is 0.393 e. The van der Waals surface area contributed by atoms with Crippen molar-refractivity contribution in [1.29, 1.82) is 0 Å². The van der Waals surface area contributed by atoms with Crippen LogP contribution < -0.4 is 5.32 Å². The maximum Gasteiger partial charge on any atom is 0.244 e. The molecule has 0 spiro atoms. The number of amides is 1. The molecule has 2 atom stereocenters. The average molecular weight is 332 g/mol. The number of piperazine rings is 1. The number of aromatic nitrogens is 1. The van der Waals surface area contributed by atoms with Crippen molar-refractivity contribution in [3.8, 4) is 0 Å². The van der Waals surface area contributed by atoms with Crippen LogP contribution in [-0.4, -0.2) is 70.7 Å². The minimum atomic E-state index is -0.277.